The molecule has 4 nitrogen and oxygen atoms in total. The molecule has 0 spiro atoms. The van der Waals surface area contributed by atoms with Crippen molar-refractivity contribution in [2.75, 3.05) is 33.2 Å². The van der Waals surface area contributed by atoms with Gasteiger partial charge in [0.05, 0.1) is 37.9 Å². The van der Waals surface area contributed by atoms with Crippen LogP contribution in [0, 0.1) is 23.5 Å². The monoisotopic (exact) mass is 354 g/mol. The maximum absolute atomic E-state index is 14.5. The van der Waals surface area contributed by atoms with Crippen molar-refractivity contribution in [1.29, 1.82) is 0 Å². The molecule has 0 aliphatic carbocycles. The predicted molar refractivity (Wildman–Crippen MR) is 87.7 cm³/mol. The fourth-order valence-electron chi connectivity index (χ4n) is 3.38. The molecule has 1 aromatic rings. The van der Waals surface area contributed by atoms with Crippen LogP contribution in [0.5, 0.6) is 0 Å². The largest absolute Gasteiger partial charge is 0.355 e. The topological polar surface area (TPSA) is 36.9 Å². The van der Waals surface area contributed by atoms with Gasteiger partial charge in [-0.1, -0.05) is 18.2 Å². The zero-order valence-corrected chi connectivity index (χ0v) is 14.2. The highest BCUT2D eigenvalue weighted by molar-refractivity contribution is 5.25. The van der Waals surface area contributed by atoms with Crippen LogP contribution in [0.1, 0.15) is 24.8 Å². The number of hydrogen-bond donors (Lipinski definition) is 0. The van der Waals surface area contributed by atoms with E-state index in [0.29, 0.717) is 26.4 Å². The summed E-state index contributed by atoms with van der Waals surface area (Å²) in [5, 5.41) is 0. The molecule has 0 bridgehead atoms. The van der Waals surface area contributed by atoms with Gasteiger partial charge in [0.15, 0.2) is 11.6 Å². The Morgan fingerprint density at radius 3 is 2.52 bits per heavy atom. The lowest BCUT2D eigenvalue weighted by atomic mass is 9.89. The minimum atomic E-state index is -1.39. The van der Waals surface area contributed by atoms with E-state index in [0.717, 1.165) is 25.3 Å². The van der Waals surface area contributed by atoms with Gasteiger partial charge in [0.25, 0.3) is 0 Å². The summed E-state index contributed by atoms with van der Waals surface area (Å²) in [5.41, 5.74) is 0.0659. The standard InChI is InChI=1S/C19H24F2O4/c1-2-3-4-6-14-9-24-19(25-10-14,15-11-22-13-23-12-15)16-7-5-8-17(20)18(16)21/h2,5,7-8,14-15H,1,3-4,6,9-13H2. The van der Waals surface area contributed by atoms with Crippen molar-refractivity contribution < 1.29 is 27.7 Å². The van der Waals surface area contributed by atoms with Gasteiger partial charge in [-0.3, -0.25) is 0 Å². The highest BCUT2D eigenvalue weighted by Gasteiger charge is 2.49. The number of allylic oxidation sites excluding steroid dienone is 1. The number of unbranched alkanes of at least 4 members (excludes halogenated alkanes) is 1. The van der Waals surface area contributed by atoms with Crippen molar-refractivity contribution in [3.63, 3.8) is 0 Å². The molecule has 0 amide bonds. The van der Waals surface area contributed by atoms with E-state index < -0.39 is 17.4 Å². The van der Waals surface area contributed by atoms with Gasteiger partial charge in [-0.05, 0) is 25.3 Å². The van der Waals surface area contributed by atoms with E-state index in [4.69, 9.17) is 18.9 Å². The van der Waals surface area contributed by atoms with Crippen LogP contribution in [0.2, 0.25) is 0 Å². The number of rotatable bonds is 6. The summed E-state index contributed by atoms with van der Waals surface area (Å²) >= 11 is 0. The van der Waals surface area contributed by atoms with Gasteiger partial charge >= 0.3 is 0 Å². The molecule has 0 N–H and O–H groups in total. The van der Waals surface area contributed by atoms with Crippen LogP contribution in [0.3, 0.4) is 0 Å². The highest BCUT2D eigenvalue weighted by atomic mass is 19.2. The van der Waals surface area contributed by atoms with Gasteiger partial charge < -0.3 is 18.9 Å². The molecule has 0 saturated carbocycles. The molecule has 0 unspecified atom stereocenters. The fourth-order valence-corrected chi connectivity index (χ4v) is 3.38. The summed E-state index contributed by atoms with van der Waals surface area (Å²) in [6, 6.07) is 4.05. The van der Waals surface area contributed by atoms with E-state index in [9.17, 15) is 8.78 Å². The maximum Gasteiger partial charge on any atom is 0.205 e. The van der Waals surface area contributed by atoms with Crippen LogP contribution >= 0.6 is 0 Å². The van der Waals surface area contributed by atoms with E-state index in [1.54, 1.807) is 0 Å². The average molecular weight is 354 g/mol. The quantitative estimate of drug-likeness (QED) is 0.576. The Labute approximate surface area is 146 Å². The Kier molecular flexibility index (Phi) is 6.17. The molecular formula is C19H24F2O4. The molecule has 2 aliphatic heterocycles. The van der Waals surface area contributed by atoms with E-state index in [1.807, 2.05) is 6.08 Å². The first-order valence-corrected chi connectivity index (χ1v) is 8.66. The van der Waals surface area contributed by atoms with Crippen molar-refractivity contribution in [2.45, 2.75) is 25.0 Å². The fraction of sp³-hybridized carbons (Fsp3) is 0.579. The lowest BCUT2D eigenvalue weighted by Gasteiger charge is -2.46. The lowest BCUT2D eigenvalue weighted by Crippen LogP contribution is -2.52. The Balaban J connectivity index is 1.82. The maximum atomic E-state index is 14.5. The van der Waals surface area contributed by atoms with Gasteiger partial charge in [-0.15, -0.1) is 6.58 Å². The van der Waals surface area contributed by atoms with Gasteiger partial charge in [0, 0.05) is 5.92 Å². The van der Waals surface area contributed by atoms with Crippen molar-refractivity contribution >= 4 is 0 Å². The van der Waals surface area contributed by atoms with Crippen LogP contribution in [0.4, 0.5) is 8.78 Å². The number of hydrogen-bond acceptors (Lipinski definition) is 4. The number of halogens is 2. The summed E-state index contributed by atoms with van der Waals surface area (Å²) in [4.78, 5) is 0. The normalized spacial score (nSPS) is 28.0. The first-order chi connectivity index (χ1) is 12.2. The minimum absolute atomic E-state index is 0.0659. The molecule has 2 saturated heterocycles. The van der Waals surface area contributed by atoms with E-state index in [2.05, 4.69) is 6.58 Å². The number of ether oxygens (including phenoxy) is 4. The van der Waals surface area contributed by atoms with Gasteiger partial charge in [-0.2, -0.15) is 0 Å². The third kappa shape index (κ3) is 3.92. The molecule has 25 heavy (non-hydrogen) atoms. The first-order valence-electron chi connectivity index (χ1n) is 8.66. The van der Waals surface area contributed by atoms with Crippen LogP contribution in [-0.2, 0) is 24.7 Å². The van der Waals surface area contributed by atoms with Crippen LogP contribution in [0.15, 0.2) is 30.9 Å². The Morgan fingerprint density at radius 2 is 1.84 bits per heavy atom. The molecule has 0 aromatic heterocycles. The molecule has 3 rings (SSSR count). The molecule has 2 aliphatic rings. The summed E-state index contributed by atoms with van der Waals surface area (Å²) in [6.07, 6.45) is 4.75. The Bertz CT molecular complexity index is 579. The summed E-state index contributed by atoms with van der Waals surface area (Å²) in [6.45, 7) is 5.35. The van der Waals surface area contributed by atoms with Gasteiger partial charge in [0.1, 0.15) is 6.79 Å². The van der Waals surface area contributed by atoms with Crippen LogP contribution in [0.25, 0.3) is 0 Å². The molecule has 0 atom stereocenters. The molecular weight excluding hydrogens is 330 g/mol. The van der Waals surface area contributed by atoms with Crippen molar-refractivity contribution in [3.8, 4) is 0 Å². The third-order valence-electron chi connectivity index (χ3n) is 4.76. The molecule has 6 heteroatoms. The van der Waals surface area contributed by atoms with Crippen molar-refractivity contribution in [3.05, 3.63) is 48.1 Å². The molecule has 2 heterocycles. The second kappa shape index (κ2) is 8.36. The zero-order chi connectivity index (χ0) is 17.7. The van der Waals surface area contributed by atoms with Gasteiger partial charge in [-0.25, -0.2) is 8.78 Å². The Hall–Kier alpha value is -1.34. The minimum Gasteiger partial charge on any atom is -0.355 e. The predicted octanol–water partition coefficient (Wildman–Crippen LogP) is 3.76. The summed E-state index contributed by atoms with van der Waals surface area (Å²) in [5.74, 6) is -3.41. The first kappa shape index (κ1) is 18.5. The summed E-state index contributed by atoms with van der Waals surface area (Å²) < 4.78 is 51.1. The van der Waals surface area contributed by atoms with E-state index in [-0.39, 0.29) is 24.2 Å². The van der Waals surface area contributed by atoms with E-state index in [1.165, 1.54) is 12.1 Å². The van der Waals surface area contributed by atoms with Crippen molar-refractivity contribution in [1.82, 2.24) is 0 Å². The van der Waals surface area contributed by atoms with E-state index >= 15 is 0 Å². The molecule has 1 aromatic carbocycles. The second-order valence-corrected chi connectivity index (χ2v) is 6.53. The molecule has 0 radical (unpaired) electrons. The van der Waals surface area contributed by atoms with Crippen LogP contribution < -0.4 is 0 Å². The summed E-state index contributed by atoms with van der Waals surface area (Å²) in [7, 11) is 0. The Morgan fingerprint density at radius 1 is 1.12 bits per heavy atom. The van der Waals surface area contributed by atoms with Gasteiger partial charge in [0.2, 0.25) is 5.79 Å². The zero-order valence-electron chi connectivity index (χ0n) is 14.2. The highest BCUT2D eigenvalue weighted by Crippen LogP contribution is 2.42. The lowest BCUT2D eigenvalue weighted by molar-refractivity contribution is -0.342. The third-order valence-corrected chi connectivity index (χ3v) is 4.76. The average Bonchev–Trinajstić information content (AvgIpc) is 2.66. The van der Waals surface area contributed by atoms with Crippen LogP contribution in [-0.4, -0.2) is 33.2 Å². The second-order valence-electron chi connectivity index (χ2n) is 6.53. The number of benzene rings is 1. The smallest absolute Gasteiger partial charge is 0.205 e. The SMILES string of the molecule is C=CCCCC1COC(c2cccc(F)c2F)(C2COCOC2)OC1. The van der Waals surface area contributed by atoms with Crippen molar-refractivity contribution in [2.24, 2.45) is 11.8 Å². The molecule has 138 valence electrons. The molecule has 2 fully saturated rings.